The number of amides is 1. The van der Waals surface area contributed by atoms with Crippen LogP contribution in [-0.2, 0) is 0 Å². The molecule has 5 heteroatoms. The van der Waals surface area contributed by atoms with E-state index in [4.69, 9.17) is 4.74 Å². The third-order valence-corrected chi connectivity index (χ3v) is 2.91. The highest BCUT2D eigenvalue weighted by Crippen LogP contribution is 2.16. The van der Waals surface area contributed by atoms with E-state index in [2.05, 4.69) is 10.3 Å². The van der Waals surface area contributed by atoms with Crippen molar-refractivity contribution in [2.24, 2.45) is 0 Å². The van der Waals surface area contributed by atoms with E-state index in [0.29, 0.717) is 11.4 Å². The van der Waals surface area contributed by atoms with Gasteiger partial charge in [-0.3, -0.25) is 9.78 Å². The van der Waals surface area contributed by atoms with E-state index in [0.717, 1.165) is 25.9 Å². The number of carbonyl (C=O) groups is 1. The zero-order valence-corrected chi connectivity index (χ0v) is 10.8. The van der Waals surface area contributed by atoms with Gasteiger partial charge in [-0.2, -0.15) is 0 Å². The minimum Gasteiger partial charge on any atom is -0.489 e. The van der Waals surface area contributed by atoms with Crippen LogP contribution in [0.2, 0.25) is 0 Å². The van der Waals surface area contributed by atoms with Gasteiger partial charge in [-0.25, -0.2) is 0 Å². The van der Waals surface area contributed by atoms with Gasteiger partial charge in [0, 0.05) is 32.9 Å². The molecule has 0 bridgehead atoms. The van der Waals surface area contributed by atoms with Gasteiger partial charge in [0.1, 0.15) is 17.5 Å². The summed E-state index contributed by atoms with van der Waals surface area (Å²) in [5.74, 6) is 0.603. The topological polar surface area (TPSA) is 54.5 Å². The Morgan fingerprint density at radius 3 is 3.06 bits per heavy atom. The summed E-state index contributed by atoms with van der Waals surface area (Å²) in [6, 6.07) is 3.50. The summed E-state index contributed by atoms with van der Waals surface area (Å²) in [7, 11) is 3.42. The molecule has 1 aliphatic heterocycles. The maximum atomic E-state index is 11.8. The smallest absolute Gasteiger partial charge is 0.272 e. The lowest BCUT2D eigenvalue weighted by Gasteiger charge is -2.24. The lowest BCUT2D eigenvalue weighted by atomic mass is 10.1. The van der Waals surface area contributed by atoms with Gasteiger partial charge in [0.15, 0.2) is 0 Å². The van der Waals surface area contributed by atoms with E-state index in [1.165, 1.54) is 4.90 Å². The lowest BCUT2D eigenvalue weighted by Crippen LogP contribution is -2.37. The monoisotopic (exact) mass is 249 g/mol. The first-order chi connectivity index (χ1) is 8.66. The van der Waals surface area contributed by atoms with E-state index in [9.17, 15) is 4.79 Å². The minimum absolute atomic E-state index is 0.109. The quantitative estimate of drug-likeness (QED) is 0.865. The fraction of sp³-hybridized carbons (Fsp3) is 0.538. The number of hydrogen-bond acceptors (Lipinski definition) is 4. The highest BCUT2D eigenvalue weighted by molar-refractivity contribution is 5.92. The third kappa shape index (κ3) is 3.20. The van der Waals surface area contributed by atoms with Crippen LogP contribution in [-0.4, -0.2) is 49.1 Å². The van der Waals surface area contributed by atoms with Gasteiger partial charge in [0.25, 0.3) is 5.91 Å². The molecule has 98 valence electrons. The molecule has 0 aromatic carbocycles. The minimum atomic E-state index is -0.109. The Kier molecular flexibility index (Phi) is 4.15. The standard InChI is InChI=1S/C13H19N3O2/c1-16(2)13(17)12-8-10(5-7-15-12)18-11-4-3-6-14-9-11/h5,7-8,11,14H,3-4,6,9H2,1-2H3/t11-/m0/s1. The fourth-order valence-electron chi connectivity index (χ4n) is 1.94. The molecule has 18 heavy (non-hydrogen) atoms. The Morgan fingerprint density at radius 2 is 2.39 bits per heavy atom. The van der Waals surface area contributed by atoms with Gasteiger partial charge in [-0.05, 0) is 25.5 Å². The summed E-state index contributed by atoms with van der Waals surface area (Å²) in [6.45, 7) is 1.92. The van der Waals surface area contributed by atoms with Gasteiger partial charge in [-0.1, -0.05) is 0 Å². The first-order valence-electron chi connectivity index (χ1n) is 6.22. The summed E-state index contributed by atoms with van der Waals surface area (Å²) in [6.07, 6.45) is 3.97. The predicted molar refractivity (Wildman–Crippen MR) is 68.8 cm³/mol. The van der Waals surface area contributed by atoms with Gasteiger partial charge >= 0.3 is 0 Å². The zero-order valence-electron chi connectivity index (χ0n) is 10.8. The Bertz CT molecular complexity index is 414. The average Bonchev–Trinajstić information content (AvgIpc) is 2.39. The Morgan fingerprint density at radius 1 is 1.56 bits per heavy atom. The number of hydrogen-bond donors (Lipinski definition) is 1. The largest absolute Gasteiger partial charge is 0.489 e. The van der Waals surface area contributed by atoms with Crippen LogP contribution in [0.3, 0.4) is 0 Å². The number of piperidine rings is 1. The molecule has 1 N–H and O–H groups in total. The fourth-order valence-corrected chi connectivity index (χ4v) is 1.94. The maximum Gasteiger partial charge on any atom is 0.272 e. The van der Waals surface area contributed by atoms with Crippen molar-refractivity contribution >= 4 is 5.91 Å². The molecule has 0 spiro atoms. The van der Waals surface area contributed by atoms with Crippen molar-refractivity contribution in [2.45, 2.75) is 18.9 Å². The van der Waals surface area contributed by atoms with E-state index in [1.807, 2.05) is 0 Å². The zero-order chi connectivity index (χ0) is 13.0. The third-order valence-electron chi connectivity index (χ3n) is 2.91. The Labute approximate surface area is 107 Å². The molecule has 1 atom stereocenters. The van der Waals surface area contributed by atoms with Crippen LogP contribution in [0.5, 0.6) is 5.75 Å². The van der Waals surface area contributed by atoms with Crippen molar-refractivity contribution in [2.75, 3.05) is 27.2 Å². The predicted octanol–water partition coefficient (Wildman–Crippen LogP) is 0.914. The summed E-state index contributed by atoms with van der Waals surface area (Å²) in [4.78, 5) is 17.4. The highest BCUT2D eigenvalue weighted by atomic mass is 16.5. The van der Waals surface area contributed by atoms with Gasteiger partial charge < -0.3 is 15.0 Å². The Balaban J connectivity index is 2.04. The van der Waals surface area contributed by atoms with Crippen molar-refractivity contribution in [3.63, 3.8) is 0 Å². The van der Waals surface area contributed by atoms with Crippen molar-refractivity contribution in [1.29, 1.82) is 0 Å². The maximum absolute atomic E-state index is 11.8. The number of ether oxygens (including phenoxy) is 1. The molecule has 1 fully saturated rings. The molecule has 5 nitrogen and oxygen atoms in total. The van der Waals surface area contributed by atoms with Gasteiger partial charge in [0.2, 0.25) is 0 Å². The van der Waals surface area contributed by atoms with Crippen molar-refractivity contribution in [3.05, 3.63) is 24.0 Å². The van der Waals surface area contributed by atoms with Gasteiger partial charge in [0.05, 0.1) is 0 Å². The van der Waals surface area contributed by atoms with Gasteiger partial charge in [-0.15, -0.1) is 0 Å². The molecule has 2 heterocycles. The number of pyridine rings is 1. The second-order valence-corrected chi connectivity index (χ2v) is 4.66. The van der Waals surface area contributed by atoms with Crippen molar-refractivity contribution in [1.82, 2.24) is 15.2 Å². The van der Waals surface area contributed by atoms with Crippen LogP contribution in [0, 0.1) is 0 Å². The van der Waals surface area contributed by atoms with E-state index in [1.54, 1.807) is 32.4 Å². The second kappa shape index (κ2) is 5.82. The van der Waals surface area contributed by atoms with Crippen molar-refractivity contribution in [3.8, 4) is 5.75 Å². The molecule has 0 aliphatic carbocycles. The summed E-state index contributed by atoms with van der Waals surface area (Å²) >= 11 is 0. The second-order valence-electron chi connectivity index (χ2n) is 4.66. The van der Waals surface area contributed by atoms with Crippen LogP contribution in [0.25, 0.3) is 0 Å². The molecular formula is C13H19N3O2. The SMILES string of the molecule is CN(C)C(=O)c1cc(O[C@H]2CCCNC2)ccn1. The van der Waals surface area contributed by atoms with Crippen LogP contribution in [0.4, 0.5) is 0 Å². The first-order valence-corrected chi connectivity index (χ1v) is 6.22. The number of carbonyl (C=O) groups excluding carboxylic acids is 1. The average molecular weight is 249 g/mol. The molecule has 1 aromatic rings. The molecule has 1 aliphatic rings. The van der Waals surface area contributed by atoms with E-state index >= 15 is 0 Å². The molecule has 0 saturated carbocycles. The molecule has 0 unspecified atom stereocenters. The van der Waals surface area contributed by atoms with Crippen LogP contribution < -0.4 is 10.1 Å². The number of nitrogens with one attached hydrogen (secondary N) is 1. The van der Waals surface area contributed by atoms with Crippen LogP contribution >= 0.6 is 0 Å². The molecule has 2 rings (SSSR count). The molecular weight excluding hydrogens is 230 g/mol. The summed E-state index contributed by atoms with van der Waals surface area (Å²) in [5.41, 5.74) is 0.418. The first kappa shape index (κ1) is 12.8. The summed E-state index contributed by atoms with van der Waals surface area (Å²) in [5, 5.41) is 3.29. The highest BCUT2D eigenvalue weighted by Gasteiger charge is 2.16. The van der Waals surface area contributed by atoms with Crippen LogP contribution in [0.15, 0.2) is 18.3 Å². The normalized spacial score (nSPS) is 19.3. The van der Waals surface area contributed by atoms with E-state index in [-0.39, 0.29) is 12.0 Å². The number of rotatable bonds is 3. The van der Waals surface area contributed by atoms with Crippen LogP contribution in [0.1, 0.15) is 23.3 Å². The number of nitrogens with zero attached hydrogens (tertiary/aromatic N) is 2. The molecule has 1 aromatic heterocycles. The number of aromatic nitrogens is 1. The molecule has 1 amide bonds. The Hall–Kier alpha value is -1.62. The summed E-state index contributed by atoms with van der Waals surface area (Å²) < 4.78 is 5.85. The molecule has 0 radical (unpaired) electrons. The molecule has 1 saturated heterocycles. The lowest BCUT2D eigenvalue weighted by molar-refractivity contribution is 0.0820. The van der Waals surface area contributed by atoms with E-state index < -0.39 is 0 Å². The van der Waals surface area contributed by atoms with Crippen molar-refractivity contribution < 1.29 is 9.53 Å².